The Morgan fingerprint density at radius 2 is 1.96 bits per heavy atom. The molecule has 1 aliphatic carbocycles. The third-order valence-electron chi connectivity index (χ3n) is 3.91. The molecule has 1 aromatic heterocycles. The average Bonchev–Trinajstić information content (AvgIpc) is 3.05. The summed E-state index contributed by atoms with van der Waals surface area (Å²) in [5, 5.41) is 2.40. The number of ether oxygens (including phenoxy) is 2. The Morgan fingerprint density at radius 1 is 1.19 bits per heavy atom. The number of hydrogen-bond donors (Lipinski definition) is 1. The summed E-state index contributed by atoms with van der Waals surface area (Å²) in [6.45, 7) is -3.51. The molecule has 1 aromatic carbocycles. The lowest BCUT2D eigenvalue weighted by molar-refractivity contribution is -0.119. The Kier molecular flexibility index (Phi) is 5.82. The Bertz CT molecular complexity index is 783. The molecule has 138 valence electrons. The van der Waals surface area contributed by atoms with E-state index in [2.05, 4.69) is 10.1 Å². The molecular formula is C18H17F2NO4S. The van der Waals surface area contributed by atoms with Crippen molar-refractivity contribution in [1.82, 2.24) is 0 Å². The molecule has 3 rings (SSSR count). The molecule has 0 saturated carbocycles. The smallest absolute Gasteiger partial charge is 0.387 e. The number of para-hydroxylation sites is 2. The maximum atomic E-state index is 12.4. The number of rotatable bonds is 6. The molecule has 0 aliphatic heterocycles. The van der Waals surface area contributed by atoms with E-state index in [4.69, 9.17) is 4.74 Å². The minimum absolute atomic E-state index is 0.0837. The van der Waals surface area contributed by atoms with Gasteiger partial charge in [-0.2, -0.15) is 8.78 Å². The summed E-state index contributed by atoms with van der Waals surface area (Å²) in [4.78, 5) is 25.7. The molecule has 1 amide bonds. The first-order valence-electron chi connectivity index (χ1n) is 8.15. The van der Waals surface area contributed by atoms with Gasteiger partial charge >= 0.3 is 12.6 Å². The van der Waals surface area contributed by atoms with E-state index in [0.29, 0.717) is 4.88 Å². The normalized spacial score (nSPS) is 13.2. The Morgan fingerprint density at radius 3 is 2.73 bits per heavy atom. The number of esters is 1. The Hall–Kier alpha value is -2.48. The van der Waals surface area contributed by atoms with Gasteiger partial charge in [0.2, 0.25) is 0 Å². The summed E-state index contributed by atoms with van der Waals surface area (Å²) in [5.41, 5.74) is 1.26. The maximum absolute atomic E-state index is 12.4. The third-order valence-corrected chi connectivity index (χ3v) is 5.13. The van der Waals surface area contributed by atoms with E-state index >= 15 is 0 Å². The Labute approximate surface area is 152 Å². The summed E-state index contributed by atoms with van der Waals surface area (Å²) >= 11 is 1.40. The second-order valence-electron chi connectivity index (χ2n) is 5.77. The highest BCUT2D eigenvalue weighted by Gasteiger charge is 2.19. The largest absolute Gasteiger partial charge is 0.451 e. The van der Waals surface area contributed by atoms with E-state index in [0.717, 1.165) is 25.7 Å². The molecule has 0 spiro atoms. The first-order valence-corrected chi connectivity index (χ1v) is 8.97. The highest BCUT2D eigenvalue weighted by molar-refractivity contribution is 7.14. The van der Waals surface area contributed by atoms with Crippen LogP contribution in [0, 0.1) is 0 Å². The lowest BCUT2D eigenvalue weighted by Gasteiger charge is -2.11. The van der Waals surface area contributed by atoms with Crippen LogP contribution < -0.4 is 10.1 Å². The van der Waals surface area contributed by atoms with Gasteiger partial charge in [0, 0.05) is 4.88 Å². The molecule has 0 bridgehead atoms. The van der Waals surface area contributed by atoms with Gasteiger partial charge in [0.25, 0.3) is 5.91 Å². The molecule has 1 N–H and O–H groups in total. The molecule has 0 unspecified atom stereocenters. The number of amides is 1. The monoisotopic (exact) mass is 381 g/mol. The SMILES string of the molecule is O=C(COC(=O)c1cc2c(s1)CCCC2)Nc1ccccc1OC(F)F. The van der Waals surface area contributed by atoms with Crippen LogP contribution in [0.1, 0.15) is 33.0 Å². The number of benzene rings is 1. The van der Waals surface area contributed by atoms with E-state index in [1.54, 1.807) is 6.07 Å². The summed E-state index contributed by atoms with van der Waals surface area (Å²) in [5.74, 6) is -1.35. The third kappa shape index (κ3) is 4.57. The van der Waals surface area contributed by atoms with Gasteiger partial charge in [-0.1, -0.05) is 12.1 Å². The molecule has 2 aromatic rings. The molecule has 0 fully saturated rings. The lowest BCUT2D eigenvalue weighted by atomic mass is 9.99. The summed E-state index contributed by atoms with van der Waals surface area (Å²) in [7, 11) is 0. The molecule has 0 radical (unpaired) electrons. The number of carbonyl (C=O) groups is 2. The fourth-order valence-electron chi connectivity index (χ4n) is 2.75. The van der Waals surface area contributed by atoms with Crippen LogP contribution in [0.5, 0.6) is 5.75 Å². The van der Waals surface area contributed by atoms with Crippen LogP contribution in [0.3, 0.4) is 0 Å². The predicted molar refractivity (Wildman–Crippen MR) is 92.9 cm³/mol. The van der Waals surface area contributed by atoms with E-state index < -0.39 is 25.1 Å². The number of fused-ring (bicyclic) bond motifs is 1. The van der Waals surface area contributed by atoms with Crippen LogP contribution >= 0.6 is 11.3 Å². The first-order chi connectivity index (χ1) is 12.5. The van der Waals surface area contributed by atoms with Crippen LogP contribution in [-0.4, -0.2) is 25.1 Å². The van der Waals surface area contributed by atoms with Crippen LogP contribution in [0.4, 0.5) is 14.5 Å². The fourth-order valence-corrected chi connectivity index (χ4v) is 3.90. The van der Waals surface area contributed by atoms with E-state index in [-0.39, 0.29) is 11.4 Å². The highest BCUT2D eigenvalue weighted by Crippen LogP contribution is 2.30. The quantitative estimate of drug-likeness (QED) is 0.768. The van der Waals surface area contributed by atoms with Gasteiger partial charge in [0.05, 0.1) is 5.69 Å². The molecule has 0 saturated heterocycles. The van der Waals surface area contributed by atoms with Crippen molar-refractivity contribution in [3.05, 3.63) is 45.6 Å². The summed E-state index contributed by atoms with van der Waals surface area (Å²) in [6.07, 6.45) is 4.15. The van der Waals surface area contributed by atoms with Gasteiger partial charge in [-0.15, -0.1) is 11.3 Å². The maximum Gasteiger partial charge on any atom is 0.387 e. The number of nitrogens with one attached hydrogen (secondary N) is 1. The summed E-state index contributed by atoms with van der Waals surface area (Å²) in [6, 6.07) is 7.63. The fraction of sp³-hybridized carbons (Fsp3) is 0.333. The van der Waals surface area contributed by atoms with Crippen LogP contribution in [0.25, 0.3) is 0 Å². The van der Waals surface area contributed by atoms with Gasteiger partial charge in [0.15, 0.2) is 6.61 Å². The Balaban J connectivity index is 1.56. The lowest BCUT2D eigenvalue weighted by Crippen LogP contribution is -2.21. The van der Waals surface area contributed by atoms with Crippen molar-refractivity contribution in [1.29, 1.82) is 0 Å². The first kappa shape index (κ1) is 18.3. The molecule has 0 atom stereocenters. The second-order valence-corrected chi connectivity index (χ2v) is 6.90. The second kappa shape index (κ2) is 8.27. The van der Waals surface area contributed by atoms with Crippen molar-refractivity contribution in [2.45, 2.75) is 32.3 Å². The predicted octanol–water partition coefficient (Wildman–Crippen LogP) is 4.02. The van der Waals surface area contributed by atoms with Gasteiger partial charge in [-0.3, -0.25) is 4.79 Å². The van der Waals surface area contributed by atoms with Gasteiger partial charge in [0.1, 0.15) is 10.6 Å². The van der Waals surface area contributed by atoms with E-state index in [9.17, 15) is 18.4 Å². The number of carbonyl (C=O) groups excluding carboxylic acids is 2. The molecular weight excluding hydrogens is 364 g/mol. The van der Waals surface area contributed by atoms with Gasteiger partial charge < -0.3 is 14.8 Å². The molecule has 1 heterocycles. The number of aryl methyl sites for hydroxylation is 2. The van der Waals surface area contributed by atoms with E-state index in [1.165, 1.54) is 40.0 Å². The minimum atomic E-state index is -3.00. The van der Waals surface area contributed by atoms with Crippen molar-refractivity contribution in [2.24, 2.45) is 0 Å². The molecule has 8 heteroatoms. The highest BCUT2D eigenvalue weighted by atomic mass is 32.1. The number of hydrogen-bond acceptors (Lipinski definition) is 5. The van der Waals surface area contributed by atoms with Crippen LogP contribution in [0.15, 0.2) is 30.3 Å². The number of anilines is 1. The molecule has 1 aliphatic rings. The number of halogens is 2. The van der Waals surface area contributed by atoms with Crippen LogP contribution in [-0.2, 0) is 22.4 Å². The number of thiophene rings is 1. The van der Waals surface area contributed by atoms with Crippen LogP contribution in [0.2, 0.25) is 0 Å². The zero-order chi connectivity index (χ0) is 18.5. The minimum Gasteiger partial charge on any atom is -0.451 e. The molecule has 26 heavy (non-hydrogen) atoms. The summed E-state index contributed by atoms with van der Waals surface area (Å²) < 4.78 is 34.1. The van der Waals surface area contributed by atoms with E-state index in [1.807, 2.05) is 6.07 Å². The van der Waals surface area contributed by atoms with Crippen molar-refractivity contribution in [3.8, 4) is 5.75 Å². The van der Waals surface area contributed by atoms with Crippen molar-refractivity contribution < 1.29 is 27.8 Å². The molecule has 5 nitrogen and oxygen atoms in total. The topological polar surface area (TPSA) is 64.6 Å². The van der Waals surface area contributed by atoms with Crippen molar-refractivity contribution >= 4 is 28.9 Å². The zero-order valence-electron chi connectivity index (χ0n) is 13.8. The average molecular weight is 381 g/mol. The van der Waals surface area contributed by atoms with Gasteiger partial charge in [-0.25, -0.2) is 4.79 Å². The van der Waals surface area contributed by atoms with Gasteiger partial charge in [-0.05, 0) is 49.4 Å². The number of alkyl halides is 2. The standard InChI is InChI=1S/C18H17F2NO4S/c19-18(20)25-13-7-3-2-6-12(13)21-16(22)10-24-17(23)15-9-11-5-1-4-8-14(11)26-15/h2-3,6-7,9,18H,1,4-5,8,10H2,(H,21,22). The van der Waals surface area contributed by atoms with Crippen molar-refractivity contribution in [3.63, 3.8) is 0 Å². The van der Waals surface area contributed by atoms with Crippen molar-refractivity contribution in [2.75, 3.05) is 11.9 Å². The zero-order valence-corrected chi connectivity index (χ0v) is 14.6.